The number of aliphatic imine (C=N–C) groups is 4. The molecule has 0 spiro atoms. The lowest BCUT2D eigenvalue weighted by molar-refractivity contribution is 0.0855. The van der Waals surface area contributed by atoms with Crippen LogP contribution in [0.15, 0.2) is 334 Å². The molecule has 1 N–H and O–H groups in total. The van der Waals surface area contributed by atoms with Crippen molar-refractivity contribution in [2.45, 2.75) is 179 Å². The fraction of sp³-hybridized carbons (Fsp3) is 0.279. The van der Waals surface area contributed by atoms with Gasteiger partial charge in [-0.05, 0) is 130 Å². The van der Waals surface area contributed by atoms with Crippen LogP contribution in [0.25, 0.3) is 44.8 Å². The molecular weight excluding hydrogens is 1880 g/mol. The van der Waals surface area contributed by atoms with Gasteiger partial charge in [-0.25, -0.2) is 29.6 Å². The third-order valence-electron chi connectivity index (χ3n) is 31.2. The minimum Gasteiger partial charge on any atom is -0.365 e. The van der Waals surface area contributed by atoms with Crippen LogP contribution in [0.1, 0.15) is 187 Å². The van der Waals surface area contributed by atoms with E-state index in [2.05, 4.69) is 265 Å². The fourth-order valence-corrected chi connectivity index (χ4v) is 23.8. The molecule has 752 valence electrons. The molecule has 10 aromatic carbocycles. The summed E-state index contributed by atoms with van der Waals surface area (Å²) >= 11 is 1.60. The largest absolute Gasteiger partial charge is 0.365 e. The highest BCUT2D eigenvalue weighted by Gasteiger charge is 2.53. The number of fused-ring (bicyclic) bond motifs is 18. The zero-order valence-corrected chi connectivity index (χ0v) is 86.0. The van der Waals surface area contributed by atoms with Gasteiger partial charge in [0, 0.05) is 76.7 Å². The molecule has 0 radical (unpaired) electrons. The van der Waals surface area contributed by atoms with Gasteiger partial charge in [-0.15, -0.1) is 11.3 Å². The number of nitrogens with one attached hydrogen (secondary N) is 1. The van der Waals surface area contributed by atoms with E-state index >= 15 is 0 Å². The van der Waals surface area contributed by atoms with Crippen LogP contribution < -0.4 is 24.9 Å². The third-order valence-corrected chi connectivity index (χ3v) is 31.8. The quantitative estimate of drug-likeness (QED) is 0.0662. The number of benzene rings is 10. The third kappa shape index (κ3) is 18.5. The smallest absolute Gasteiger partial charge is 0.267 e. The molecule has 0 unspecified atom stereocenters. The van der Waals surface area contributed by atoms with Crippen LogP contribution in [-0.2, 0) is 52.0 Å². The number of carbonyl (C=O) groups excluding carboxylic acids is 4. The predicted octanol–water partition coefficient (Wildman–Crippen LogP) is 21.2. The maximum Gasteiger partial charge on any atom is 0.267 e. The number of anilines is 5. The number of hydrogen-bond donors (Lipinski definition) is 1. The standard InChI is InChI=1S/C32H31N5O.C31H31N5O.C30H29N7O.C29H28N6OS/c1-35-31(38)29-28(20-22-10-4-2-5-11-22)36(21-23-16-18-25(19-17-23)24-12-6-3-7-13-24)34-30(29)37-27-15-9-8-14-26(27)33-32(35)37;1-21(2)26-20-35-29-28(30(37)34(3)31(35)32-26)27(18-22-10-6-4-7-11-22)36(33-29)19-23-14-16-25(17-15-23)24-12-8-5-9-13-24;1-35-29(38)26-27(32-18-20-8-3-2-4-9-20)36(34-28(26)37-25-12-7-11-24(25)33-30(35)37)19-21-13-15-22(16-14-21)23-10-5-6-17-31-23;1-33-28(36)26-25(15-19-7-3-2-4-8-19)34(16-20-11-13-21(14-12-20)23-17-37-18-30-23)32-27(26)35-24-10-6-5-9-22(24)31-29(33)35/h2-7,10-13,16-19,26-27H,8-9,14-15,20-21H2,1H3;4-17,21,26H,18-20H2,1-3H3;2-6,8-10,13-17,24-25,32H,7,11-12,18-19H2,1H3;2-4,7-8,11-14,17-18,22,24H,5-6,9-10,15-16H2,1H3/t26-,27+;26-;24-,25+;22-,24+/m1011/s1. The Bertz CT molecular complexity index is 7790. The Hall–Kier alpha value is -16.6. The molecule has 11 aliphatic rings. The summed E-state index contributed by atoms with van der Waals surface area (Å²) in [6, 6.07) is 104. The highest BCUT2D eigenvalue weighted by molar-refractivity contribution is 7.07. The summed E-state index contributed by atoms with van der Waals surface area (Å²) in [7, 11) is 7.37. The van der Waals surface area contributed by atoms with E-state index in [4.69, 9.17) is 40.4 Å². The maximum atomic E-state index is 13.8. The molecule has 0 saturated heterocycles. The van der Waals surface area contributed by atoms with Crippen molar-refractivity contribution in [1.29, 1.82) is 0 Å². The van der Waals surface area contributed by atoms with Crippen molar-refractivity contribution in [3.63, 3.8) is 0 Å². The van der Waals surface area contributed by atoms with Crippen LogP contribution >= 0.6 is 11.3 Å². The van der Waals surface area contributed by atoms with Crippen molar-refractivity contribution >= 4 is 87.9 Å². The first-order chi connectivity index (χ1) is 73.5. The Morgan fingerprint density at radius 2 is 0.660 bits per heavy atom. The average molecular weight is 2000 g/mol. The normalized spacial score (nSPS) is 19.3. The number of amides is 4. The number of carbonyl (C=O) groups is 4. The number of pyridine rings is 1. The summed E-state index contributed by atoms with van der Waals surface area (Å²) in [6.45, 7) is 8.02. The van der Waals surface area contributed by atoms with Gasteiger partial charge in [-0.1, -0.05) is 325 Å². The van der Waals surface area contributed by atoms with Crippen LogP contribution in [0.3, 0.4) is 0 Å². The molecule has 0 bridgehead atoms. The number of guanidine groups is 4. The first kappa shape index (κ1) is 95.6. The molecule has 6 aromatic heterocycles. The predicted molar refractivity (Wildman–Crippen MR) is 593 cm³/mol. The number of nitrogens with zero attached hydrogens (tertiary/aromatic N) is 22. The molecule has 3 fully saturated rings. The van der Waals surface area contributed by atoms with E-state index in [1.165, 1.54) is 53.5 Å². The Balaban J connectivity index is 0.000000106. The van der Waals surface area contributed by atoms with Crippen molar-refractivity contribution in [2.24, 2.45) is 25.9 Å². The lowest BCUT2D eigenvalue weighted by atomic mass is 9.90. The number of rotatable bonds is 22. The maximum absolute atomic E-state index is 13.8. The summed E-state index contributed by atoms with van der Waals surface area (Å²) in [4.78, 5) is 99.4. The van der Waals surface area contributed by atoms with E-state index in [1.54, 1.807) is 37.1 Å². The summed E-state index contributed by atoms with van der Waals surface area (Å²) in [5.41, 5.74) is 25.5. The van der Waals surface area contributed by atoms with Crippen LogP contribution in [0, 0.1) is 5.92 Å². The molecule has 3 saturated carbocycles. The van der Waals surface area contributed by atoms with Crippen molar-refractivity contribution in [2.75, 3.05) is 59.7 Å². The number of thiazole rings is 1. The Kier molecular flexibility index (Phi) is 26.3. The Morgan fingerprint density at radius 1 is 0.320 bits per heavy atom. The van der Waals surface area contributed by atoms with Crippen molar-refractivity contribution in [3.8, 4) is 44.8 Å². The lowest BCUT2D eigenvalue weighted by Crippen LogP contribution is -2.52. The molecule has 16 aromatic rings. The zero-order valence-electron chi connectivity index (χ0n) is 85.2. The first-order valence-corrected chi connectivity index (χ1v) is 53.6. The van der Waals surface area contributed by atoms with Gasteiger partial charge in [0.2, 0.25) is 23.8 Å². The number of hydrogen-bond acceptors (Lipinski definition) is 20. The van der Waals surface area contributed by atoms with E-state index in [9.17, 15) is 19.2 Å². The molecule has 27 rings (SSSR count). The van der Waals surface area contributed by atoms with E-state index in [1.807, 2.05) is 139 Å². The topological polar surface area (TPSA) is 253 Å². The number of aromatic nitrogens is 10. The molecule has 27 nitrogen and oxygen atoms in total. The molecule has 7 atom stereocenters. The molecule has 150 heavy (non-hydrogen) atoms. The molecule has 3 aliphatic carbocycles. The molecule has 8 aliphatic heterocycles. The highest BCUT2D eigenvalue weighted by Crippen LogP contribution is 2.47. The van der Waals surface area contributed by atoms with Crippen molar-refractivity contribution < 1.29 is 19.2 Å². The monoisotopic (exact) mass is 2000 g/mol. The molecule has 14 heterocycles. The second-order valence-electron chi connectivity index (χ2n) is 41.2. The molecule has 4 amide bonds. The lowest BCUT2D eigenvalue weighted by Gasteiger charge is -2.36. The summed E-state index contributed by atoms with van der Waals surface area (Å²) in [5.74, 6) is 7.00. The fourth-order valence-electron chi connectivity index (χ4n) is 23.2. The second kappa shape index (κ2) is 41.2. The van der Waals surface area contributed by atoms with Gasteiger partial charge in [-0.3, -0.25) is 77.4 Å². The van der Waals surface area contributed by atoms with Crippen molar-refractivity contribution in [1.82, 2.24) is 68.7 Å². The van der Waals surface area contributed by atoms with Gasteiger partial charge in [0.15, 0.2) is 23.3 Å². The van der Waals surface area contributed by atoms with Crippen LogP contribution in [0.5, 0.6) is 0 Å². The molecule has 28 heteroatoms. The van der Waals surface area contributed by atoms with Crippen LogP contribution in [0.2, 0.25) is 0 Å². The van der Waals surface area contributed by atoms with Gasteiger partial charge in [0.1, 0.15) is 28.1 Å². The summed E-state index contributed by atoms with van der Waals surface area (Å²) in [5, 5.41) is 26.0. The van der Waals surface area contributed by atoms with Crippen molar-refractivity contribution in [3.05, 3.63) is 398 Å². The van der Waals surface area contributed by atoms with Gasteiger partial charge < -0.3 is 5.32 Å². The minimum absolute atomic E-state index is 0.00902. The average Bonchev–Trinajstić information content (AvgIpc) is 1.56. The van der Waals surface area contributed by atoms with Crippen LogP contribution in [-0.4, -0.2) is 193 Å². The first-order valence-electron chi connectivity index (χ1n) is 52.7. The SMILES string of the molecule is CC(C)[C@@H]1CN2C(=N1)N(C)C(=O)c1c2nn(Cc2ccc(-c3ccccc3)cc2)c1Cc1ccccc1.CN1C(=O)c2c(nn(Cc3ccc(-c4ccccc4)cc3)c2Cc2ccccc2)N2C1=N[C@@H]1CCCC[C@@H]12.CN1C(=O)c2c(nn(Cc3ccc(-c4ccccn4)cc3)c2NCc2ccccc2)N2C1=N[C@@H]1CCC[C@@H]12.CN1C(=O)c2c(nn(Cc3ccc(-c4cscn4)cc3)c2Cc2ccccc2)N2C1=N[C@@H]1CCCC[C@@H]12. The van der Waals surface area contributed by atoms with Gasteiger partial charge in [0.05, 0.1) is 109 Å². The van der Waals surface area contributed by atoms with Gasteiger partial charge in [-0.2, -0.15) is 20.4 Å². The Labute approximate surface area is 877 Å². The minimum atomic E-state index is -0.0673. The summed E-state index contributed by atoms with van der Waals surface area (Å²) < 4.78 is 8.06. The summed E-state index contributed by atoms with van der Waals surface area (Å²) in [6.07, 6.45) is 16.1. The Morgan fingerprint density at radius 3 is 1.07 bits per heavy atom. The van der Waals surface area contributed by atoms with E-state index < -0.39 is 0 Å². The van der Waals surface area contributed by atoms with Gasteiger partial charge >= 0.3 is 0 Å². The van der Waals surface area contributed by atoms with E-state index in [0.717, 1.165) is 188 Å². The second-order valence-corrected chi connectivity index (χ2v) is 41.9. The van der Waals surface area contributed by atoms with Gasteiger partial charge in [0.25, 0.3) is 23.6 Å². The zero-order chi connectivity index (χ0) is 102. The van der Waals surface area contributed by atoms with E-state index in [0.29, 0.717) is 75.0 Å². The van der Waals surface area contributed by atoms with E-state index in [-0.39, 0.29) is 65.9 Å². The van der Waals surface area contributed by atoms with Crippen LogP contribution in [0.4, 0.5) is 29.1 Å². The highest BCUT2D eigenvalue weighted by atomic mass is 32.1. The molecular formula is C122H119N23O4S.